The summed E-state index contributed by atoms with van der Waals surface area (Å²) in [5.74, 6) is -4.76. The number of benzene rings is 3. The monoisotopic (exact) mass is 824 g/mol. The summed E-state index contributed by atoms with van der Waals surface area (Å²) in [5, 5.41) is 21.5. The molecule has 2 aliphatic heterocycles. The molecule has 0 aromatic heterocycles. The molecule has 5 rings (SSSR count). The molecule has 56 heavy (non-hydrogen) atoms. The smallest absolute Gasteiger partial charge is 0.430 e. The molecule has 2 N–H and O–H groups in total. The minimum absolute atomic E-state index is 0.264. The first-order chi connectivity index (χ1) is 25.7. The number of halogens is 9. The summed E-state index contributed by atoms with van der Waals surface area (Å²) in [5.41, 5.74) is -11.4. The summed E-state index contributed by atoms with van der Waals surface area (Å²) in [6, 6.07) is 6.54. The van der Waals surface area contributed by atoms with E-state index in [9.17, 15) is 67.7 Å². The van der Waals surface area contributed by atoms with Crippen LogP contribution >= 0.6 is 0 Å². The zero-order valence-electron chi connectivity index (χ0n) is 30.0. The Kier molecular flexibility index (Phi) is 11.1. The largest absolute Gasteiger partial charge is 0.465 e. The summed E-state index contributed by atoms with van der Waals surface area (Å²) < 4.78 is 161. The third-order valence-corrected chi connectivity index (χ3v) is 13.1. The summed E-state index contributed by atoms with van der Waals surface area (Å²) in [6.45, 7) is 1.83. The molecule has 306 valence electrons. The lowest BCUT2D eigenvalue weighted by Gasteiger charge is -2.48. The average molecular weight is 825 g/mol. The first-order valence-corrected chi connectivity index (χ1v) is 18.5. The Morgan fingerprint density at radius 2 is 1.39 bits per heavy atom. The van der Waals surface area contributed by atoms with Crippen LogP contribution in [0.25, 0.3) is 0 Å². The van der Waals surface area contributed by atoms with Crippen LogP contribution in [0.3, 0.4) is 0 Å². The van der Waals surface area contributed by atoms with Gasteiger partial charge < -0.3 is 24.7 Å². The van der Waals surface area contributed by atoms with E-state index < -0.39 is 121 Å². The Morgan fingerprint density at radius 1 is 0.839 bits per heavy atom. The van der Waals surface area contributed by atoms with E-state index in [0.29, 0.717) is 36.4 Å². The van der Waals surface area contributed by atoms with Crippen LogP contribution in [-0.2, 0) is 36.3 Å². The molecule has 0 aliphatic carbocycles. The zero-order valence-corrected chi connectivity index (χ0v) is 30.8. The van der Waals surface area contributed by atoms with Crippen molar-refractivity contribution in [2.45, 2.75) is 85.9 Å². The van der Waals surface area contributed by atoms with Gasteiger partial charge in [-0.05, 0) is 53.8 Å². The number of aliphatic hydroxyl groups is 1. The number of piperidine rings is 1. The number of nitrogens with zero attached hydrogens (tertiary/aromatic N) is 2. The molecule has 3 aromatic rings. The highest BCUT2D eigenvalue weighted by molar-refractivity contribution is 7.92. The number of sulfone groups is 1. The average Bonchev–Trinajstić information content (AvgIpc) is 3.55. The van der Waals surface area contributed by atoms with Gasteiger partial charge in [0, 0.05) is 49.6 Å². The van der Waals surface area contributed by atoms with Crippen LogP contribution in [0, 0.1) is 22.9 Å². The van der Waals surface area contributed by atoms with E-state index >= 15 is 0 Å². The summed E-state index contributed by atoms with van der Waals surface area (Å²) in [6.07, 6.45) is -15.1. The lowest BCUT2D eigenvalue weighted by atomic mass is 9.74. The number of carbonyl (C=O) groups is 2. The Bertz CT molecular complexity index is 2040. The van der Waals surface area contributed by atoms with Gasteiger partial charge in [-0.25, -0.2) is 26.4 Å². The molecule has 9 nitrogen and oxygen atoms in total. The second-order valence-electron chi connectivity index (χ2n) is 15.0. The summed E-state index contributed by atoms with van der Waals surface area (Å²) >= 11 is 0. The number of ether oxygens (including phenoxy) is 1. The number of alkyl halides is 6. The lowest BCUT2D eigenvalue weighted by molar-refractivity contribution is -0.392. The van der Waals surface area contributed by atoms with Crippen molar-refractivity contribution in [1.29, 1.82) is 0 Å². The maximum atomic E-state index is 14.6. The molecule has 19 heteroatoms. The Labute approximate surface area is 315 Å². The molecule has 3 aromatic carbocycles. The fourth-order valence-electron chi connectivity index (χ4n) is 7.48. The van der Waals surface area contributed by atoms with E-state index in [1.807, 2.05) is 0 Å². The van der Waals surface area contributed by atoms with Gasteiger partial charge >= 0.3 is 18.4 Å². The van der Waals surface area contributed by atoms with Crippen molar-refractivity contribution in [3.05, 3.63) is 101 Å². The molecule has 2 fully saturated rings. The summed E-state index contributed by atoms with van der Waals surface area (Å²) in [4.78, 5) is 27.6. The maximum Gasteiger partial charge on any atom is 0.430 e. The normalized spacial score (nSPS) is 22.7. The van der Waals surface area contributed by atoms with Crippen molar-refractivity contribution in [3.63, 3.8) is 0 Å². The molecule has 2 amide bonds. The summed E-state index contributed by atoms with van der Waals surface area (Å²) in [7, 11) is -4.79. The molecule has 2 saturated heterocycles. The van der Waals surface area contributed by atoms with E-state index in [1.165, 1.54) is 0 Å². The van der Waals surface area contributed by atoms with Crippen LogP contribution in [0.4, 0.5) is 44.3 Å². The van der Waals surface area contributed by atoms with Crippen LogP contribution < -0.4 is 0 Å². The third-order valence-electron chi connectivity index (χ3n) is 10.6. The van der Waals surface area contributed by atoms with Gasteiger partial charge in [0.25, 0.3) is 11.5 Å². The zero-order chi connectivity index (χ0) is 41.9. The van der Waals surface area contributed by atoms with E-state index in [4.69, 9.17) is 0 Å². The van der Waals surface area contributed by atoms with Crippen LogP contribution in [0.5, 0.6) is 0 Å². The van der Waals surface area contributed by atoms with E-state index in [1.54, 1.807) is 20.8 Å². The number of hydrogen-bond donors (Lipinski definition) is 2. The molecule has 3 atom stereocenters. The molecule has 2 heterocycles. The second-order valence-corrected chi connectivity index (χ2v) is 17.3. The lowest BCUT2D eigenvalue weighted by Crippen LogP contribution is -2.61. The predicted octanol–water partition coefficient (Wildman–Crippen LogP) is 7.46. The van der Waals surface area contributed by atoms with Gasteiger partial charge in [-0.1, -0.05) is 51.1 Å². The number of hydrogen-bond acceptors (Lipinski definition) is 6. The number of carboxylic acid groups (broad SMARTS) is 1. The van der Waals surface area contributed by atoms with Gasteiger partial charge in [-0.3, -0.25) is 4.79 Å². The Hall–Kier alpha value is -4.36. The molecule has 0 saturated carbocycles. The molecule has 3 unspecified atom stereocenters. The quantitative estimate of drug-likeness (QED) is 0.179. The van der Waals surface area contributed by atoms with Crippen molar-refractivity contribution < 1.29 is 72.5 Å². The van der Waals surface area contributed by atoms with E-state index in [2.05, 4.69) is 4.74 Å². The second kappa shape index (κ2) is 14.5. The molecule has 0 bridgehead atoms. The molecule has 0 radical (unpaired) electrons. The van der Waals surface area contributed by atoms with Crippen LogP contribution in [0.1, 0.15) is 56.7 Å². The SMILES string of the molecule is CC(C)(C)C1CC(O)(C(=O)N2CCC(c3ccc(C(OCc4c(F)cccc4F)(C(F)(F)F)C(F)(F)F)cc3)(S(=O)(=O)c3ccc(F)cc3)C2)CCN1C(=O)O. The van der Waals surface area contributed by atoms with Crippen molar-refractivity contribution in [2.24, 2.45) is 5.41 Å². The first-order valence-electron chi connectivity index (χ1n) is 17.0. The maximum absolute atomic E-state index is 14.6. The van der Waals surface area contributed by atoms with Gasteiger partial charge in [0.15, 0.2) is 9.84 Å². The highest BCUT2D eigenvalue weighted by Gasteiger charge is 2.73. The highest BCUT2D eigenvalue weighted by atomic mass is 32.2. The van der Waals surface area contributed by atoms with Crippen molar-refractivity contribution in [3.8, 4) is 0 Å². The Balaban J connectivity index is 1.59. The van der Waals surface area contributed by atoms with Crippen molar-refractivity contribution in [1.82, 2.24) is 9.80 Å². The first kappa shape index (κ1) is 42.8. The minimum atomic E-state index is -6.29. The van der Waals surface area contributed by atoms with Crippen molar-refractivity contribution >= 4 is 21.8 Å². The Morgan fingerprint density at radius 3 is 1.89 bits per heavy atom. The number of amides is 2. The van der Waals surface area contributed by atoms with E-state index in [-0.39, 0.29) is 24.9 Å². The van der Waals surface area contributed by atoms with Gasteiger partial charge in [-0.2, -0.15) is 26.3 Å². The number of rotatable bonds is 8. The van der Waals surface area contributed by atoms with Gasteiger partial charge in [0.2, 0.25) is 0 Å². The van der Waals surface area contributed by atoms with Crippen LogP contribution in [0.15, 0.2) is 71.6 Å². The fraction of sp³-hybridized carbons (Fsp3) is 0.459. The van der Waals surface area contributed by atoms with Gasteiger partial charge in [-0.15, -0.1) is 0 Å². The highest BCUT2D eigenvalue weighted by Crippen LogP contribution is 2.54. The van der Waals surface area contributed by atoms with E-state index in [0.717, 1.165) is 40.1 Å². The minimum Gasteiger partial charge on any atom is -0.465 e. The standard InChI is InChI=1S/C37H37F9N2O7S/c1-32(2,3)29-19-33(52,15-18-48(29)31(50)51)30(49)47-17-16-34(21-47,56(53,54)25-13-11-24(38)12-14-25)22-7-9-23(10-8-22)35(36(41,42)43,37(44,45)46)55-20-26-27(39)5-4-6-28(26)40/h4-14,29,52H,15-21H2,1-3H3,(H,50,51). The van der Waals surface area contributed by atoms with Crippen LogP contribution in [-0.4, -0.2) is 84.1 Å². The molecular formula is C37H37F9N2O7S. The molecule has 2 aliphatic rings. The predicted molar refractivity (Wildman–Crippen MR) is 180 cm³/mol. The van der Waals surface area contributed by atoms with Crippen molar-refractivity contribution in [2.75, 3.05) is 19.6 Å². The van der Waals surface area contributed by atoms with Crippen LogP contribution in [0.2, 0.25) is 0 Å². The van der Waals surface area contributed by atoms with Gasteiger partial charge in [0.05, 0.1) is 11.5 Å². The topological polar surface area (TPSA) is 124 Å². The third kappa shape index (κ3) is 7.32. The number of likely N-dealkylation sites (tertiary alicyclic amines) is 2. The fourth-order valence-corrected chi connectivity index (χ4v) is 9.56. The molecular weight excluding hydrogens is 787 g/mol. The number of carbonyl (C=O) groups excluding carboxylic acids is 1. The van der Waals surface area contributed by atoms with Gasteiger partial charge in [0.1, 0.15) is 27.8 Å². The molecule has 0 spiro atoms.